The molecule has 142 valence electrons. The van der Waals surface area contributed by atoms with Crippen LogP contribution in [0.15, 0.2) is 22.8 Å². The number of methoxy groups -OCH3 is 1. The molecule has 0 radical (unpaired) electrons. The van der Waals surface area contributed by atoms with Crippen LogP contribution in [0.1, 0.15) is 52.0 Å². The van der Waals surface area contributed by atoms with Gasteiger partial charge in [-0.05, 0) is 52.4 Å². The van der Waals surface area contributed by atoms with Crippen LogP contribution in [-0.2, 0) is 0 Å². The molecule has 0 aliphatic heterocycles. The third-order valence-electron chi connectivity index (χ3n) is 4.39. The summed E-state index contributed by atoms with van der Waals surface area (Å²) >= 11 is 3.55. The number of rotatable bonds is 8. The fraction of sp³-hybridized carbons (Fsp3) is 0.500. The molecule has 0 atom stereocenters. The van der Waals surface area contributed by atoms with Crippen LogP contribution in [0.3, 0.4) is 0 Å². The summed E-state index contributed by atoms with van der Waals surface area (Å²) in [6.45, 7) is 8.52. The Kier molecular flexibility index (Phi) is 7.26. The lowest BCUT2D eigenvalue weighted by atomic mass is 10.00. The number of hydrogen-bond donors (Lipinski definition) is 1. The van der Waals surface area contributed by atoms with Gasteiger partial charge >= 0.3 is 0 Å². The molecule has 1 aromatic heterocycles. The fourth-order valence-corrected chi connectivity index (χ4v) is 3.16. The van der Waals surface area contributed by atoms with Crippen molar-refractivity contribution < 1.29 is 9.47 Å². The molecule has 1 heterocycles. The highest BCUT2D eigenvalue weighted by molar-refractivity contribution is 9.10. The average molecular weight is 422 g/mol. The molecule has 1 aromatic carbocycles. The van der Waals surface area contributed by atoms with Crippen molar-refractivity contribution in [2.45, 2.75) is 52.6 Å². The number of nitrogens with zero attached hydrogens (tertiary/aromatic N) is 2. The van der Waals surface area contributed by atoms with E-state index in [-0.39, 0.29) is 6.10 Å². The van der Waals surface area contributed by atoms with Gasteiger partial charge in [0.15, 0.2) is 5.82 Å². The second-order valence-electron chi connectivity index (χ2n) is 6.44. The lowest BCUT2D eigenvalue weighted by Gasteiger charge is -2.19. The Bertz CT molecular complexity index is 746. The number of benzene rings is 1. The normalized spacial score (nSPS) is 11.1. The van der Waals surface area contributed by atoms with Gasteiger partial charge in [0.05, 0.1) is 7.11 Å². The third-order valence-corrected chi connectivity index (χ3v) is 4.95. The first-order valence-corrected chi connectivity index (χ1v) is 9.84. The van der Waals surface area contributed by atoms with Crippen molar-refractivity contribution in [3.8, 4) is 22.9 Å². The standard InChI is InChI=1S/C20H28BrN3O2/c1-7-14(8-2)26-20-19(22-5)23-17(18(21)24-20)15-10-9-13(12(3)4)11-16(15)25-6/h9-12,14H,7-8H2,1-6H3,(H,22,23). The van der Waals surface area contributed by atoms with Crippen LogP contribution in [0.5, 0.6) is 11.6 Å². The van der Waals surface area contributed by atoms with Gasteiger partial charge in [-0.15, -0.1) is 0 Å². The minimum atomic E-state index is 0.119. The second kappa shape index (κ2) is 9.21. The minimum absolute atomic E-state index is 0.119. The van der Waals surface area contributed by atoms with E-state index >= 15 is 0 Å². The largest absolute Gasteiger partial charge is 0.496 e. The molecule has 5 nitrogen and oxygen atoms in total. The average Bonchev–Trinajstić information content (AvgIpc) is 2.65. The molecule has 0 saturated heterocycles. The number of hydrogen-bond acceptors (Lipinski definition) is 5. The maximum atomic E-state index is 6.02. The molecule has 6 heteroatoms. The van der Waals surface area contributed by atoms with Crippen LogP contribution < -0.4 is 14.8 Å². The van der Waals surface area contributed by atoms with E-state index in [4.69, 9.17) is 14.5 Å². The Morgan fingerprint density at radius 2 is 1.85 bits per heavy atom. The van der Waals surface area contributed by atoms with Crippen molar-refractivity contribution in [2.75, 3.05) is 19.5 Å². The van der Waals surface area contributed by atoms with Crippen LogP contribution >= 0.6 is 15.9 Å². The summed E-state index contributed by atoms with van der Waals surface area (Å²) in [7, 11) is 3.49. The van der Waals surface area contributed by atoms with E-state index in [0.29, 0.717) is 22.2 Å². The van der Waals surface area contributed by atoms with Crippen LogP contribution in [0, 0.1) is 0 Å². The predicted molar refractivity (Wildman–Crippen MR) is 110 cm³/mol. The fourth-order valence-electron chi connectivity index (χ4n) is 2.69. The first-order chi connectivity index (χ1) is 12.4. The molecule has 0 amide bonds. The molecule has 0 unspecified atom stereocenters. The van der Waals surface area contributed by atoms with Gasteiger partial charge in [-0.2, -0.15) is 0 Å². The summed E-state index contributed by atoms with van der Waals surface area (Å²) in [4.78, 5) is 9.34. The Labute approximate surface area is 164 Å². The molecule has 0 saturated carbocycles. The molecular formula is C20H28BrN3O2. The highest BCUT2D eigenvalue weighted by Crippen LogP contribution is 2.37. The van der Waals surface area contributed by atoms with Gasteiger partial charge < -0.3 is 14.8 Å². The highest BCUT2D eigenvalue weighted by atomic mass is 79.9. The van der Waals surface area contributed by atoms with Crippen LogP contribution in [0.25, 0.3) is 11.3 Å². The van der Waals surface area contributed by atoms with Crippen LogP contribution in [0.2, 0.25) is 0 Å². The summed E-state index contributed by atoms with van der Waals surface area (Å²) in [5.74, 6) is 2.33. The maximum absolute atomic E-state index is 6.02. The Hall–Kier alpha value is -1.82. The number of anilines is 1. The van der Waals surface area contributed by atoms with Gasteiger partial charge in [0, 0.05) is 12.6 Å². The van der Waals surface area contributed by atoms with Gasteiger partial charge in [0.2, 0.25) is 0 Å². The first kappa shape index (κ1) is 20.5. The van der Waals surface area contributed by atoms with E-state index in [0.717, 1.165) is 29.8 Å². The van der Waals surface area contributed by atoms with E-state index in [9.17, 15) is 0 Å². The van der Waals surface area contributed by atoms with E-state index in [1.165, 1.54) is 5.56 Å². The first-order valence-electron chi connectivity index (χ1n) is 9.05. The van der Waals surface area contributed by atoms with Gasteiger partial charge in [-0.25, -0.2) is 9.97 Å². The molecule has 0 aliphatic rings. The van der Waals surface area contributed by atoms with Crippen LogP contribution in [-0.4, -0.2) is 30.2 Å². The molecule has 26 heavy (non-hydrogen) atoms. The quantitative estimate of drug-likeness (QED) is 0.596. The summed E-state index contributed by atoms with van der Waals surface area (Å²) < 4.78 is 12.3. The van der Waals surface area contributed by atoms with Crippen molar-refractivity contribution in [1.29, 1.82) is 0 Å². The number of nitrogens with one attached hydrogen (secondary N) is 1. The monoisotopic (exact) mass is 421 g/mol. The molecule has 0 spiro atoms. The van der Waals surface area contributed by atoms with Crippen molar-refractivity contribution in [3.63, 3.8) is 0 Å². The summed E-state index contributed by atoms with van der Waals surface area (Å²) in [6, 6.07) is 6.19. The summed E-state index contributed by atoms with van der Waals surface area (Å²) in [5.41, 5.74) is 2.83. The van der Waals surface area contributed by atoms with Crippen molar-refractivity contribution in [1.82, 2.24) is 9.97 Å². The molecule has 0 fully saturated rings. The van der Waals surface area contributed by atoms with Gasteiger partial charge in [0.25, 0.3) is 5.88 Å². The van der Waals surface area contributed by atoms with Crippen molar-refractivity contribution in [2.24, 2.45) is 0 Å². The summed E-state index contributed by atoms with van der Waals surface area (Å²) in [5, 5.41) is 3.09. The Morgan fingerprint density at radius 3 is 2.38 bits per heavy atom. The number of halogens is 1. The zero-order valence-electron chi connectivity index (χ0n) is 16.4. The second-order valence-corrected chi connectivity index (χ2v) is 7.19. The molecular weight excluding hydrogens is 394 g/mol. The smallest absolute Gasteiger partial charge is 0.258 e. The third kappa shape index (κ3) is 4.47. The van der Waals surface area contributed by atoms with Crippen LogP contribution in [0.4, 0.5) is 5.82 Å². The van der Waals surface area contributed by atoms with E-state index in [1.54, 1.807) is 7.11 Å². The van der Waals surface area contributed by atoms with Crippen molar-refractivity contribution in [3.05, 3.63) is 28.4 Å². The SMILES string of the molecule is CCC(CC)Oc1nc(Br)c(-c2ccc(C(C)C)cc2OC)nc1NC. The number of ether oxygens (including phenoxy) is 2. The summed E-state index contributed by atoms with van der Waals surface area (Å²) in [6.07, 6.45) is 1.96. The van der Waals surface area contributed by atoms with Gasteiger partial charge in [-0.3, -0.25) is 0 Å². The van der Waals surface area contributed by atoms with Gasteiger partial charge in [0.1, 0.15) is 22.2 Å². The van der Waals surface area contributed by atoms with Gasteiger partial charge in [-0.1, -0.05) is 33.8 Å². The van der Waals surface area contributed by atoms with E-state index in [1.807, 2.05) is 13.1 Å². The Balaban J connectivity index is 2.51. The topological polar surface area (TPSA) is 56.3 Å². The highest BCUT2D eigenvalue weighted by Gasteiger charge is 2.19. The van der Waals surface area contributed by atoms with E-state index < -0.39 is 0 Å². The minimum Gasteiger partial charge on any atom is -0.496 e. The Morgan fingerprint density at radius 1 is 1.15 bits per heavy atom. The number of aromatic nitrogens is 2. The molecule has 0 bridgehead atoms. The zero-order chi connectivity index (χ0) is 19.3. The zero-order valence-corrected chi connectivity index (χ0v) is 18.0. The van der Waals surface area contributed by atoms with E-state index in [2.05, 4.69) is 66.1 Å². The lowest BCUT2D eigenvalue weighted by Crippen LogP contribution is -2.16. The van der Waals surface area contributed by atoms with Crippen molar-refractivity contribution >= 4 is 21.7 Å². The molecule has 2 rings (SSSR count). The maximum Gasteiger partial charge on any atom is 0.258 e. The molecule has 1 N–H and O–H groups in total. The lowest BCUT2D eigenvalue weighted by molar-refractivity contribution is 0.185. The molecule has 2 aromatic rings. The molecule has 0 aliphatic carbocycles. The predicted octanol–water partition coefficient (Wildman–Crippen LogP) is 5.65.